The first kappa shape index (κ1) is 27.4. The SMILES string of the molecule is CCN(C(=O)c1nn(-c2ccc(Cl)cc2Cl)c2c1CN(C(=O)OC)CC2=Cc1ccc(F)cc1)c1ccccc1. The minimum absolute atomic E-state index is 0.0847. The molecule has 0 radical (unpaired) electrons. The maximum atomic E-state index is 14.1. The van der Waals surface area contributed by atoms with E-state index in [1.165, 1.54) is 24.1 Å². The van der Waals surface area contributed by atoms with Gasteiger partial charge in [-0.05, 0) is 66.6 Å². The van der Waals surface area contributed by atoms with Gasteiger partial charge in [-0.25, -0.2) is 13.9 Å². The van der Waals surface area contributed by atoms with Crippen molar-refractivity contribution in [1.29, 1.82) is 0 Å². The number of aromatic nitrogens is 2. The van der Waals surface area contributed by atoms with E-state index >= 15 is 0 Å². The molecule has 0 unspecified atom stereocenters. The number of nitrogens with zero attached hydrogens (tertiary/aromatic N) is 4. The Hall–Kier alpha value is -4.14. The maximum absolute atomic E-state index is 14.1. The van der Waals surface area contributed by atoms with E-state index in [9.17, 15) is 14.0 Å². The molecule has 4 aromatic rings. The molecule has 1 aromatic heterocycles. The van der Waals surface area contributed by atoms with Crippen molar-refractivity contribution in [3.05, 3.63) is 111 Å². The summed E-state index contributed by atoms with van der Waals surface area (Å²) in [5, 5.41) is 5.58. The standard InChI is InChI=1S/C30H25Cl2FN4O3/c1-3-36(23-7-5-4-6-8-23)29(38)27-24-18-35(30(39)40-2)17-20(15-19-9-12-22(33)13-10-19)28(24)37(34-27)26-14-11-21(31)16-25(26)32/h4-16H,3,17-18H2,1-2H3. The van der Waals surface area contributed by atoms with Gasteiger partial charge in [0.15, 0.2) is 5.69 Å². The van der Waals surface area contributed by atoms with Crippen molar-refractivity contribution in [2.24, 2.45) is 0 Å². The van der Waals surface area contributed by atoms with Crippen LogP contribution in [0, 0.1) is 5.82 Å². The van der Waals surface area contributed by atoms with Crippen molar-refractivity contribution in [2.45, 2.75) is 13.5 Å². The third-order valence-corrected chi connectivity index (χ3v) is 7.15. The van der Waals surface area contributed by atoms with Gasteiger partial charge >= 0.3 is 6.09 Å². The molecule has 3 aromatic carbocycles. The van der Waals surface area contributed by atoms with Crippen LogP contribution in [0.4, 0.5) is 14.9 Å². The second-order valence-corrected chi connectivity index (χ2v) is 9.96. The summed E-state index contributed by atoms with van der Waals surface area (Å²) in [4.78, 5) is 29.9. The molecule has 7 nitrogen and oxygen atoms in total. The number of hydrogen-bond donors (Lipinski definition) is 0. The molecule has 0 saturated carbocycles. The highest BCUT2D eigenvalue weighted by Crippen LogP contribution is 2.36. The van der Waals surface area contributed by atoms with Gasteiger partial charge in [-0.2, -0.15) is 5.10 Å². The molecule has 0 fully saturated rings. The number of rotatable bonds is 5. The van der Waals surface area contributed by atoms with Crippen molar-refractivity contribution in [3.8, 4) is 5.69 Å². The first-order chi connectivity index (χ1) is 19.3. The zero-order valence-electron chi connectivity index (χ0n) is 21.8. The van der Waals surface area contributed by atoms with Crippen molar-refractivity contribution < 1.29 is 18.7 Å². The van der Waals surface area contributed by atoms with Crippen LogP contribution in [-0.2, 0) is 11.3 Å². The highest BCUT2D eigenvalue weighted by molar-refractivity contribution is 6.35. The average Bonchev–Trinajstić information content (AvgIpc) is 3.34. The Labute approximate surface area is 241 Å². The van der Waals surface area contributed by atoms with Crippen LogP contribution in [0.5, 0.6) is 0 Å². The fraction of sp³-hybridized carbons (Fsp3) is 0.167. The van der Waals surface area contributed by atoms with Crippen LogP contribution in [0.15, 0.2) is 72.8 Å². The lowest BCUT2D eigenvalue weighted by atomic mass is 9.97. The van der Waals surface area contributed by atoms with E-state index in [1.54, 1.807) is 39.9 Å². The number of carbonyl (C=O) groups excluding carboxylic acids is 2. The van der Waals surface area contributed by atoms with Crippen LogP contribution in [0.25, 0.3) is 17.3 Å². The molecular weight excluding hydrogens is 554 g/mol. The molecule has 0 atom stereocenters. The lowest BCUT2D eigenvalue weighted by Crippen LogP contribution is -2.37. The Morgan fingerprint density at radius 3 is 2.42 bits per heavy atom. The molecule has 40 heavy (non-hydrogen) atoms. The highest BCUT2D eigenvalue weighted by Gasteiger charge is 2.35. The first-order valence-electron chi connectivity index (χ1n) is 12.5. The number of ether oxygens (including phenoxy) is 1. The average molecular weight is 579 g/mol. The van der Waals surface area contributed by atoms with Gasteiger partial charge in [-0.3, -0.25) is 9.69 Å². The number of carbonyl (C=O) groups is 2. The Morgan fingerprint density at radius 2 is 1.77 bits per heavy atom. The summed E-state index contributed by atoms with van der Waals surface area (Å²) in [5.41, 5.74) is 3.92. The van der Waals surface area contributed by atoms with E-state index in [2.05, 4.69) is 0 Å². The summed E-state index contributed by atoms with van der Waals surface area (Å²) < 4.78 is 20.3. The van der Waals surface area contributed by atoms with Gasteiger partial charge in [0.05, 0.1) is 36.6 Å². The molecule has 10 heteroatoms. The van der Waals surface area contributed by atoms with Gasteiger partial charge in [0.25, 0.3) is 5.91 Å². The quantitative estimate of drug-likeness (QED) is 0.253. The highest BCUT2D eigenvalue weighted by atomic mass is 35.5. The zero-order chi connectivity index (χ0) is 28.4. The minimum atomic E-state index is -0.554. The molecule has 0 bridgehead atoms. The molecular formula is C30H25Cl2FN4O3. The molecule has 0 N–H and O–H groups in total. The van der Waals surface area contributed by atoms with Crippen molar-refractivity contribution >= 4 is 52.5 Å². The van der Waals surface area contributed by atoms with Crippen LogP contribution in [0.3, 0.4) is 0 Å². The van der Waals surface area contributed by atoms with E-state index < -0.39 is 6.09 Å². The van der Waals surface area contributed by atoms with E-state index in [0.717, 1.165) is 0 Å². The number of benzene rings is 3. The van der Waals surface area contributed by atoms with E-state index in [-0.39, 0.29) is 30.5 Å². The summed E-state index contributed by atoms with van der Waals surface area (Å²) in [6.07, 6.45) is 1.28. The third kappa shape index (κ3) is 5.33. The van der Waals surface area contributed by atoms with Crippen LogP contribution in [-0.4, -0.2) is 46.9 Å². The van der Waals surface area contributed by atoms with Gasteiger partial charge in [0.2, 0.25) is 0 Å². The Morgan fingerprint density at radius 1 is 1.05 bits per heavy atom. The second kappa shape index (κ2) is 11.5. The lowest BCUT2D eigenvalue weighted by molar-refractivity contribution is 0.0978. The van der Waals surface area contributed by atoms with E-state index in [1.807, 2.05) is 43.3 Å². The van der Waals surface area contributed by atoms with E-state index in [0.29, 0.717) is 50.4 Å². The number of hydrogen-bond acceptors (Lipinski definition) is 4. The smallest absolute Gasteiger partial charge is 0.410 e. The molecule has 1 aliphatic heterocycles. The normalized spacial score (nSPS) is 13.7. The number of para-hydroxylation sites is 1. The van der Waals surface area contributed by atoms with Crippen molar-refractivity contribution in [2.75, 3.05) is 25.1 Å². The van der Waals surface area contributed by atoms with E-state index in [4.69, 9.17) is 33.0 Å². The second-order valence-electron chi connectivity index (χ2n) is 9.12. The Kier molecular flexibility index (Phi) is 7.91. The molecule has 5 rings (SSSR count). The van der Waals surface area contributed by atoms with Gasteiger partial charge in [-0.1, -0.05) is 53.5 Å². The Bertz CT molecular complexity index is 1600. The molecule has 0 aliphatic carbocycles. The third-order valence-electron chi connectivity index (χ3n) is 6.61. The molecule has 0 saturated heterocycles. The fourth-order valence-electron chi connectivity index (χ4n) is 4.77. The maximum Gasteiger partial charge on any atom is 0.410 e. The number of halogens is 3. The van der Waals surface area contributed by atoms with Crippen LogP contribution in [0.1, 0.15) is 34.2 Å². The lowest BCUT2D eigenvalue weighted by Gasteiger charge is -2.29. The number of methoxy groups -OCH3 is 1. The fourth-order valence-corrected chi connectivity index (χ4v) is 5.26. The molecule has 1 aliphatic rings. The predicted octanol–water partition coefficient (Wildman–Crippen LogP) is 7.11. The predicted molar refractivity (Wildman–Crippen MR) is 154 cm³/mol. The molecule has 0 spiro atoms. The van der Waals surface area contributed by atoms with Gasteiger partial charge in [-0.15, -0.1) is 0 Å². The topological polar surface area (TPSA) is 67.7 Å². The number of fused-ring (bicyclic) bond motifs is 1. The monoisotopic (exact) mass is 578 g/mol. The first-order valence-corrected chi connectivity index (χ1v) is 13.3. The summed E-state index contributed by atoms with van der Waals surface area (Å²) in [6.45, 7) is 2.52. The number of anilines is 1. The van der Waals surface area contributed by atoms with Crippen LogP contribution in [0.2, 0.25) is 10.0 Å². The summed E-state index contributed by atoms with van der Waals surface area (Å²) in [7, 11) is 1.30. The minimum Gasteiger partial charge on any atom is -0.453 e. The summed E-state index contributed by atoms with van der Waals surface area (Å²) in [6, 6.07) is 20.3. The van der Waals surface area contributed by atoms with Crippen molar-refractivity contribution in [1.82, 2.24) is 14.7 Å². The van der Waals surface area contributed by atoms with Crippen LogP contribution >= 0.6 is 23.2 Å². The number of amides is 2. The summed E-state index contributed by atoms with van der Waals surface area (Å²) >= 11 is 12.8. The molecule has 2 heterocycles. The van der Waals surface area contributed by atoms with Gasteiger partial charge in [0, 0.05) is 22.8 Å². The van der Waals surface area contributed by atoms with Crippen LogP contribution < -0.4 is 4.90 Å². The molecule has 2 amide bonds. The van der Waals surface area contributed by atoms with Gasteiger partial charge < -0.3 is 9.64 Å². The van der Waals surface area contributed by atoms with Crippen molar-refractivity contribution in [3.63, 3.8) is 0 Å². The van der Waals surface area contributed by atoms with Gasteiger partial charge in [0.1, 0.15) is 5.82 Å². The zero-order valence-corrected chi connectivity index (χ0v) is 23.3. The Balaban J connectivity index is 1.76. The summed E-state index contributed by atoms with van der Waals surface area (Å²) in [5.74, 6) is -0.698. The largest absolute Gasteiger partial charge is 0.453 e. The molecule has 204 valence electrons.